The van der Waals surface area contributed by atoms with Crippen molar-refractivity contribution >= 4 is 17.5 Å². The van der Waals surface area contributed by atoms with E-state index in [4.69, 9.17) is 9.73 Å². The molecule has 0 radical (unpaired) electrons. The van der Waals surface area contributed by atoms with Gasteiger partial charge in [-0.2, -0.15) is 0 Å². The average Bonchev–Trinajstić information content (AvgIpc) is 2.78. The molecular weight excluding hydrogens is 364 g/mol. The minimum atomic E-state index is -0.00715. The molecule has 0 N–H and O–H groups in total. The first-order valence-electron chi connectivity index (χ1n) is 10.7. The molecule has 1 amide bonds. The maximum atomic E-state index is 13.4. The molecule has 2 heterocycles. The number of likely N-dealkylation sites (N-methyl/N-ethyl adjacent to an activating group) is 1. The molecule has 0 spiro atoms. The van der Waals surface area contributed by atoms with Crippen LogP contribution in [0.2, 0.25) is 0 Å². The number of para-hydroxylation sites is 1. The summed E-state index contributed by atoms with van der Waals surface area (Å²) in [7, 11) is 4.13. The minimum Gasteiger partial charge on any atom is -0.476 e. The molecule has 3 aliphatic rings. The molecule has 6 heteroatoms. The van der Waals surface area contributed by atoms with Crippen molar-refractivity contribution in [1.82, 2.24) is 9.80 Å². The van der Waals surface area contributed by atoms with Crippen LogP contribution in [0.3, 0.4) is 0 Å². The largest absolute Gasteiger partial charge is 0.476 e. The van der Waals surface area contributed by atoms with Crippen molar-refractivity contribution in [2.24, 2.45) is 16.8 Å². The quantitative estimate of drug-likeness (QED) is 0.769. The Morgan fingerprint density at radius 3 is 2.52 bits per heavy atom. The van der Waals surface area contributed by atoms with Gasteiger partial charge in [0.1, 0.15) is 19.0 Å². The summed E-state index contributed by atoms with van der Waals surface area (Å²) >= 11 is 0. The Kier molecular flexibility index (Phi) is 5.90. The summed E-state index contributed by atoms with van der Waals surface area (Å²) in [5, 5.41) is 0. The van der Waals surface area contributed by atoms with E-state index in [1.807, 2.05) is 42.3 Å². The van der Waals surface area contributed by atoms with Crippen LogP contribution in [0.5, 0.6) is 0 Å². The Balaban J connectivity index is 1.70. The number of aliphatic imine (C=N–C) groups is 1. The summed E-state index contributed by atoms with van der Waals surface area (Å²) in [6.07, 6.45) is 4.61. The van der Waals surface area contributed by atoms with Crippen molar-refractivity contribution in [2.75, 3.05) is 45.4 Å². The summed E-state index contributed by atoms with van der Waals surface area (Å²) in [5.74, 6) is 2.82. The lowest BCUT2D eigenvalue weighted by atomic mass is 9.83. The molecule has 1 saturated carbocycles. The predicted octanol–water partition coefficient (Wildman–Crippen LogP) is 3.32. The van der Waals surface area contributed by atoms with Crippen LogP contribution in [0.1, 0.15) is 32.6 Å². The summed E-state index contributed by atoms with van der Waals surface area (Å²) in [5.41, 5.74) is 2.00. The zero-order valence-electron chi connectivity index (χ0n) is 17.8. The summed E-state index contributed by atoms with van der Waals surface area (Å²) < 4.78 is 6.30. The van der Waals surface area contributed by atoms with Crippen molar-refractivity contribution < 1.29 is 9.53 Å². The van der Waals surface area contributed by atoms with E-state index in [0.29, 0.717) is 12.5 Å². The van der Waals surface area contributed by atoms with Crippen LogP contribution in [0.15, 0.2) is 46.7 Å². The van der Waals surface area contributed by atoms with Crippen molar-refractivity contribution in [1.29, 1.82) is 0 Å². The summed E-state index contributed by atoms with van der Waals surface area (Å²) in [6.45, 7) is 4.46. The first kappa shape index (κ1) is 20.0. The molecule has 1 fully saturated rings. The van der Waals surface area contributed by atoms with Gasteiger partial charge >= 0.3 is 0 Å². The molecule has 0 atom stereocenters. The SMILES string of the molecule is CC1CCC(/C2=N/CC(=O)N(c3ccccc3)C3=C(CO2)CN(C)CN3C)CC1. The fourth-order valence-electron chi connectivity index (χ4n) is 4.72. The van der Waals surface area contributed by atoms with Gasteiger partial charge in [0.15, 0.2) is 5.90 Å². The van der Waals surface area contributed by atoms with E-state index in [9.17, 15) is 4.79 Å². The number of carbonyl (C=O) groups is 1. The molecule has 6 nitrogen and oxygen atoms in total. The van der Waals surface area contributed by atoms with Crippen molar-refractivity contribution in [3.63, 3.8) is 0 Å². The van der Waals surface area contributed by atoms with E-state index in [1.165, 1.54) is 12.8 Å². The van der Waals surface area contributed by atoms with Crippen LogP contribution in [0.25, 0.3) is 0 Å². The Bertz CT molecular complexity index is 796. The van der Waals surface area contributed by atoms with Gasteiger partial charge in [-0.3, -0.25) is 14.6 Å². The van der Waals surface area contributed by atoms with Gasteiger partial charge in [-0.05, 0) is 50.8 Å². The van der Waals surface area contributed by atoms with E-state index in [2.05, 4.69) is 23.8 Å². The lowest BCUT2D eigenvalue weighted by Gasteiger charge is -2.40. The molecule has 1 aliphatic carbocycles. The maximum absolute atomic E-state index is 13.4. The van der Waals surface area contributed by atoms with E-state index in [-0.39, 0.29) is 12.5 Å². The van der Waals surface area contributed by atoms with Gasteiger partial charge in [0.2, 0.25) is 0 Å². The van der Waals surface area contributed by atoms with Crippen LogP contribution in [0, 0.1) is 11.8 Å². The number of hydrogen-bond acceptors (Lipinski definition) is 5. The zero-order chi connectivity index (χ0) is 20.4. The molecule has 0 unspecified atom stereocenters. The number of rotatable bonds is 2. The van der Waals surface area contributed by atoms with Crippen LogP contribution in [0.4, 0.5) is 5.69 Å². The first-order valence-corrected chi connectivity index (χ1v) is 10.7. The molecule has 2 aliphatic heterocycles. The van der Waals surface area contributed by atoms with Gasteiger partial charge in [-0.1, -0.05) is 25.1 Å². The van der Waals surface area contributed by atoms with E-state index >= 15 is 0 Å². The second-order valence-corrected chi connectivity index (χ2v) is 8.75. The van der Waals surface area contributed by atoms with Gasteiger partial charge in [-0.25, -0.2) is 4.99 Å². The van der Waals surface area contributed by atoms with Gasteiger partial charge in [0.25, 0.3) is 5.91 Å². The van der Waals surface area contributed by atoms with Gasteiger partial charge in [0.05, 0.1) is 12.4 Å². The number of anilines is 1. The molecule has 4 rings (SSSR count). The number of amides is 1. The molecule has 0 saturated heterocycles. The molecule has 156 valence electrons. The van der Waals surface area contributed by atoms with E-state index in [1.54, 1.807) is 0 Å². The number of hydrogen-bond donors (Lipinski definition) is 0. The highest BCUT2D eigenvalue weighted by molar-refractivity contribution is 5.99. The van der Waals surface area contributed by atoms with Crippen molar-refractivity contribution in [3.05, 3.63) is 41.7 Å². The molecular formula is C23H32N4O2. The Morgan fingerprint density at radius 1 is 1.07 bits per heavy atom. The highest BCUT2D eigenvalue weighted by atomic mass is 16.5. The molecule has 1 aromatic carbocycles. The lowest BCUT2D eigenvalue weighted by Crippen LogP contribution is -2.48. The second-order valence-electron chi connectivity index (χ2n) is 8.75. The molecule has 1 aromatic rings. The maximum Gasteiger partial charge on any atom is 0.254 e. The number of nitrogens with zero attached hydrogens (tertiary/aromatic N) is 4. The van der Waals surface area contributed by atoms with Crippen LogP contribution < -0.4 is 4.90 Å². The molecule has 29 heavy (non-hydrogen) atoms. The Labute approximate surface area is 173 Å². The normalized spacial score (nSPS) is 28.7. The first-order chi connectivity index (χ1) is 14.0. The third kappa shape index (κ3) is 4.32. The van der Waals surface area contributed by atoms with Gasteiger partial charge < -0.3 is 9.64 Å². The molecule has 0 bridgehead atoms. The monoisotopic (exact) mass is 396 g/mol. The number of benzene rings is 1. The highest BCUT2D eigenvalue weighted by Crippen LogP contribution is 2.32. The smallest absolute Gasteiger partial charge is 0.254 e. The van der Waals surface area contributed by atoms with E-state index < -0.39 is 0 Å². The third-order valence-corrected chi connectivity index (χ3v) is 6.20. The second kappa shape index (κ2) is 8.57. The van der Waals surface area contributed by atoms with Crippen molar-refractivity contribution in [2.45, 2.75) is 32.6 Å². The fourth-order valence-corrected chi connectivity index (χ4v) is 4.72. The topological polar surface area (TPSA) is 48.4 Å². The third-order valence-electron chi connectivity index (χ3n) is 6.20. The van der Waals surface area contributed by atoms with Gasteiger partial charge in [0, 0.05) is 25.1 Å². The van der Waals surface area contributed by atoms with Crippen LogP contribution in [-0.4, -0.2) is 62.1 Å². The summed E-state index contributed by atoms with van der Waals surface area (Å²) in [6, 6.07) is 9.89. The Morgan fingerprint density at radius 2 is 1.79 bits per heavy atom. The number of ether oxygens (including phenoxy) is 1. The van der Waals surface area contributed by atoms with Crippen molar-refractivity contribution in [3.8, 4) is 0 Å². The lowest BCUT2D eigenvalue weighted by molar-refractivity contribution is -0.117. The van der Waals surface area contributed by atoms with Crippen LogP contribution >= 0.6 is 0 Å². The fraction of sp³-hybridized carbons (Fsp3) is 0.565. The van der Waals surface area contributed by atoms with Crippen LogP contribution in [-0.2, 0) is 9.53 Å². The minimum absolute atomic E-state index is 0.00715. The summed E-state index contributed by atoms with van der Waals surface area (Å²) in [4.78, 5) is 24.3. The predicted molar refractivity (Wildman–Crippen MR) is 116 cm³/mol. The Hall–Kier alpha value is -2.34. The van der Waals surface area contributed by atoms with Gasteiger partial charge in [-0.15, -0.1) is 0 Å². The standard InChI is InChI=1S/C23H32N4O2/c1-17-9-11-18(12-10-17)22-24-13-21(28)27(20-7-5-4-6-8-20)23-19(15-29-22)14-25(2)16-26(23)3/h4-8,17-18H,9-16H2,1-3H3/b24-22-. The average molecular weight is 397 g/mol. The zero-order valence-corrected chi connectivity index (χ0v) is 17.8. The number of carbonyl (C=O) groups excluding carboxylic acids is 1. The highest BCUT2D eigenvalue weighted by Gasteiger charge is 2.33. The molecule has 0 aromatic heterocycles. The van der Waals surface area contributed by atoms with E-state index in [0.717, 1.165) is 55.0 Å².